The fourth-order valence-electron chi connectivity index (χ4n) is 2.27. The van der Waals surface area contributed by atoms with Crippen LogP contribution in [0.4, 0.5) is 11.6 Å². The van der Waals surface area contributed by atoms with Gasteiger partial charge in [-0.1, -0.05) is 18.2 Å². The molecule has 0 aliphatic heterocycles. The summed E-state index contributed by atoms with van der Waals surface area (Å²) in [5, 5.41) is 5.97. The first-order valence-corrected chi connectivity index (χ1v) is 7.96. The maximum atomic E-state index is 12.3. The van der Waals surface area contributed by atoms with Crippen molar-refractivity contribution in [2.75, 3.05) is 10.6 Å². The zero-order valence-corrected chi connectivity index (χ0v) is 14.2. The summed E-state index contributed by atoms with van der Waals surface area (Å²) in [6.07, 6.45) is 4.75. The Morgan fingerprint density at radius 2 is 1.84 bits per heavy atom. The van der Waals surface area contributed by atoms with E-state index < -0.39 is 0 Å². The Hall–Kier alpha value is -3.28. The third kappa shape index (κ3) is 4.38. The molecule has 2 heterocycles. The Balaban J connectivity index is 1.63. The highest BCUT2D eigenvalue weighted by Crippen LogP contribution is 2.17. The molecule has 2 N–H and O–H groups in total. The predicted octanol–water partition coefficient (Wildman–Crippen LogP) is 3.35. The van der Waals surface area contributed by atoms with Gasteiger partial charge < -0.3 is 10.6 Å². The van der Waals surface area contributed by atoms with E-state index in [0.717, 1.165) is 22.5 Å². The van der Waals surface area contributed by atoms with Gasteiger partial charge >= 0.3 is 0 Å². The SMILES string of the molecule is Cc1ccc(C)c(NC(=O)c2cnc(NCc3ccccn3)nc2)c1. The van der Waals surface area contributed by atoms with Crippen molar-refractivity contribution in [3.8, 4) is 0 Å². The highest BCUT2D eigenvalue weighted by molar-refractivity contribution is 6.04. The molecule has 25 heavy (non-hydrogen) atoms. The number of benzene rings is 1. The summed E-state index contributed by atoms with van der Waals surface area (Å²) in [7, 11) is 0. The molecule has 1 amide bonds. The molecule has 3 rings (SSSR count). The first-order valence-electron chi connectivity index (χ1n) is 7.96. The zero-order valence-electron chi connectivity index (χ0n) is 14.2. The van der Waals surface area contributed by atoms with E-state index in [-0.39, 0.29) is 5.91 Å². The van der Waals surface area contributed by atoms with Crippen LogP contribution in [0.25, 0.3) is 0 Å². The molecule has 0 unspecified atom stereocenters. The van der Waals surface area contributed by atoms with Gasteiger partial charge in [0.1, 0.15) is 0 Å². The molecule has 6 heteroatoms. The highest BCUT2D eigenvalue weighted by Gasteiger charge is 2.09. The van der Waals surface area contributed by atoms with Crippen LogP contribution in [-0.2, 0) is 6.54 Å². The number of carbonyl (C=O) groups excluding carboxylic acids is 1. The second kappa shape index (κ2) is 7.53. The van der Waals surface area contributed by atoms with E-state index in [1.54, 1.807) is 6.20 Å². The van der Waals surface area contributed by atoms with Crippen LogP contribution in [0.5, 0.6) is 0 Å². The van der Waals surface area contributed by atoms with Crippen LogP contribution >= 0.6 is 0 Å². The minimum Gasteiger partial charge on any atom is -0.349 e. The summed E-state index contributed by atoms with van der Waals surface area (Å²) in [6.45, 7) is 4.46. The summed E-state index contributed by atoms with van der Waals surface area (Å²) in [5.74, 6) is 0.221. The summed E-state index contributed by atoms with van der Waals surface area (Å²) >= 11 is 0. The van der Waals surface area contributed by atoms with Gasteiger partial charge in [-0.3, -0.25) is 9.78 Å². The van der Waals surface area contributed by atoms with Crippen LogP contribution in [0.1, 0.15) is 27.2 Å². The van der Waals surface area contributed by atoms with Gasteiger partial charge in [0.2, 0.25) is 5.95 Å². The molecule has 1 aromatic carbocycles. The molecule has 0 saturated heterocycles. The lowest BCUT2D eigenvalue weighted by molar-refractivity contribution is 0.102. The van der Waals surface area contributed by atoms with Gasteiger partial charge in [0.05, 0.1) is 17.8 Å². The lowest BCUT2D eigenvalue weighted by atomic mass is 10.1. The highest BCUT2D eigenvalue weighted by atomic mass is 16.1. The third-order valence-corrected chi connectivity index (χ3v) is 3.71. The molecular weight excluding hydrogens is 314 g/mol. The summed E-state index contributed by atoms with van der Waals surface area (Å²) < 4.78 is 0. The van der Waals surface area contributed by atoms with Gasteiger partial charge in [-0.25, -0.2) is 9.97 Å². The number of nitrogens with one attached hydrogen (secondary N) is 2. The number of nitrogens with zero attached hydrogens (tertiary/aromatic N) is 3. The third-order valence-electron chi connectivity index (χ3n) is 3.71. The maximum absolute atomic E-state index is 12.3. The summed E-state index contributed by atoms with van der Waals surface area (Å²) in [6, 6.07) is 11.6. The lowest BCUT2D eigenvalue weighted by Gasteiger charge is -2.09. The van der Waals surface area contributed by atoms with Crippen LogP contribution in [0.2, 0.25) is 0 Å². The first kappa shape index (κ1) is 16.6. The summed E-state index contributed by atoms with van der Waals surface area (Å²) in [4.78, 5) is 24.9. The number of aromatic nitrogens is 3. The zero-order chi connectivity index (χ0) is 17.6. The number of hydrogen-bond acceptors (Lipinski definition) is 5. The van der Waals surface area contributed by atoms with Crippen LogP contribution in [0.3, 0.4) is 0 Å². The van der Waals surface area contributed by atoms with Crippen molar-refractivity contribution in [2.45, 2.75) is 20.4 Å². The second-order valence-corrected chi connectivity index (χ2v) is 5.74. The van der Waals surface area contributed by atoms with Crippen LogP contribution < -0.4 is 10.6 Å². The molecule has 6 nitrogen and oxygen atoms in total. The van der Waals surface area contributed by atoms with Crippen molar-refractivity contribution < 1.29 is 4.79 Å². The molecule has 0 aliphatic rings. The molecule has 2 aromatic heterocycles. The average Bonchev–Trinajstić information content (AvgIpc) is 2.64. The molecule has 0 bridgehead atoms. The van der Waals surface area contributed by atoms with E-state index in [9.17, 15) is 4.79 Å². The molecule has 3 aromatic rings. The van der Waals surface area contributed by atoms with Crippen molar-refractivity contribution in [3.63, 3.8) is 0 Å². The molecule has 0 radical (unpaired) electrons. The normalized spacial score (nSPS) is 10.3. The molecule has 0 spiro atoms. The van der Waals surface area contributed by atoms with E-state index in [4.69, 9.17) is 0 Å². The van der Waals surface area contributed by atoms with Crippen molar-refractivity contribution >= 4 is 17.5 Å². The van der Waals surface area contributed by atoms with Crippen LogP contribution in [0.15, 0.2) is 55.0 Å². The Morgan fingerprint density at radius 3 is 2.56 bits per heavy atom. The van der Waals surface area contributed by atoms with E-state index in [1.807, 2.05) is 50.2 Å². The monoisotopic (exact) mass is 333 g/mol. The number of amides is 1. The smallest absolute Gasteiger partial charge is 0.258 e. The number of carbonyl (C=O) groups is 1. The fourth-order valence-corrected chi connectivity index (χ4v) is 2.27. The maximum Gasteiger partial charge on any atom is 0.258 e. The van der Waals surface area contributed by atoms with Gasteiger partial charge in [0.25, 0.3) is 5.91 Å². The van der Waals surface area contributed by atoms with Gasteiger partial charge in [0.15, 0.2) is 0 Å². The van der Waals surface area contributed by atoms with Crippen molar-refractivity contribution in [2.24, 2.45) is 0 Å². The molecular formula is C19H19N5O. The number of aryl methyl sites for hydroxylation is 2. The number of hydrogen-bond donors (Lipinski definition) is 2. The Labute approximate surface area is 146 Å². The standard InChI is InChI=1S/C19H19N5O/c1-13-6-7-14(2)17(9-13)24-18(25)15-10-21-19(22-11-15)23-12-16-5-3-4-8-20-16/h3-11H,12H2,1-2H3,(H,24,25)(H,21,22,23). The Morgan fingerprint density at radius 1 is 1.04 bits per heavy atom. The molecule has 0 atom stereocenters. The quantitative estimate of drug-likeness (QED) is 0.748. The summed E-state index contributed by atoms with van der Waals surface area (Å²) in [5.41, 5.74) is 4.19. The molecule has 126 valence electrons. The topological polar surface area (TPSA) is 79.8 Å². The largest absolute Gasteiger partial charge is 0.349 e. The van der Waals surface area contributed by atoms with E-state index >= 15 is 0 Å². The minimum absolute atomic E-state index is 0.232. The molecule has 0 aliphatic carbocycles. The lowest BCUT2D eigenvalue weighted by Crippen LogP contribution is -2.14. The van der Waals surface area contributed by atoms with Gasteiger partial charge in [0, 0.05) is 24.3 Å². The number of anilines is 2. The van der Waals surface area contributed by atoms with E-state index in [0.29, 0.717) is 18.1 Å². The van der Waals surface area contributed by atoms with Crippen LogP contribution in [-0.4, -0.2) is 20.9 Å². The van der Waals surface area contributed by atoms with Gasteiger partial charge in [-0.2, -0.15) is 0 Å². The predicted molar refractivity (Wildman–Crippen MR) is 97.5 cm³/mol. The number of rotatable bonds is 5. The van der Waals surface area contributed by atoms with Crippen molar-refractivity contribution in [1.82, 2.24) is 15.0 Å². The van der Waals surface area contributed by atoms with E-state index in [2.05, 4.69) is 25.6 Å². The molecule has 0 saturated carbocycles. The molecule has 0 fully saturated rings. The van der Waals surface area contributed by atoms with Gasteiger partial charge in [-0.05, 0) is 43.2 Å². The van der Waals surface area contributed by atoms with Crippen molar-refractivity contribution in [1.29, 1.82) is 0 Å². The first-order chi connectivity index (χ1) is 12.1. The van der Waals surface area contributed by atoms with E-state index in [1.165, 1.54) is 12.4 Å². The van der Waals surface area contributed by atoms with Crippen LogP contribution in [0, 0.1) is 13.8 Å². The Kier molecular flexibility index (Phi) is 4.99. The number of pyridine rings is 1. The Bertz CT molecular complexity index is 863. The second-order valence-electron chi connectivity index (χ2n) is 5.74. The van der Waals surface area contributed by atoms with Crippen molar-refractivity contribution in [3.05, 3.63) is 77.4 Å². The average molecular weight is 333 g/mol. The fraction of sp³-hybridized carbons (Fsp3) is 0.158. The van der Waals surface area contributed by atoms with Gasteiger partial charge in [-0.15, -0.1) is 0 Å². The minimum atomic E-state index is -0.232.